The molecule has 1 atom stereocenters. The number of thiophene rings is 1. The van der Waals surface area contributed by atoms with Gasteiger partial charge in [-0.15, -0.1) is 11.3 Å². The molecule has 32 heavy (non-hydrogen) atoms. The maximum Gasteiger partial charge on any atom is 0.263 e. The fraction of sp³-hybridized carbons (Fsp3) is 0.409. The van der Waals surface area contributed by atoms with Crippen molar-refractivity contribution in [3.8, 4) is 11.4 Å². The van der Waals surface area contributed by atoms with Crippen molar-refractivity contribution in [2.45, 2.75) is 36.5 Å². The molecule has 4 heterocycles. The predicted octanol–water partition coefficient (Wildman–Crippen LogP) is 3.60. The Labute approximate surface area is 190 Å². The third kappa shape index (κ3) is 4.10. The lowest BCUT2D eigenvalue weighted by atomic mass is 9.98. The molecule has 0 N–H and O–H groups in total. The van der Waals surface area contributed by atoms with E-state index in [0.717, 1.165) is 37.1 Å². The van der Waals surface area contributed by atoms with E-state index in [0.29, 0.717) is 36.9 Å². The van der Waals surface area contributed by atoms with E-state index in [1.165, 1.54) is 15.6 Å². The van der Waals surface area contributed by atoms with Crippen LogP contribution in [0, 0.1) is 0 Å². The fourth-order valence-corrected chi connectivity index (χ4v) is 6.50. The average molecular weight is 473 g/mol. The van der Waals surface area contributed by atoms with Crippen LogP contribution in [0.5, 0.6) is 0 Å². The maximum absolute atomic E-state index is 12.7. The zero-order valence-electron chi connectivity index (χ0n) is 17.5. The van der Waals surface area contributed by atoms with E-state index in [1.807, 2.05) is 22.4 Å². The predicted molar refractivity (Wildman–Crippen MR) is 120 cm³/mol. The quantitative estimate of drug-likeness (QED) is 0.563. The topological polar surface area (TPSA) is 96.6 Å². The van der Waals surface area contributed by atoms with Crippen molar-refractivity contribution in [3.05, 3.63) is 52.5 Å². The van der Waals surface area contributed by atoms with Crippen molar-refractivity contribution < 1.29 is 17.7 Å². The van der Waals surface area contributed by atoms with Gasteiger partial charge in [-0.25, -0.2) is 8.42 Å². The number of carbonyl (C=O) groups is 1. The van der Waals surface area contributed by atoms with Gasteiger partial charge in [-0.05, 0) is 61.4 Å². The van der Waals surface area contributed by atoms with Crippen molar-refractivity contribution in [2.24, 2.45) is 0 Å². The highest BCUT2D eigenvalue weighted by molar-refractivity contribution is 7.89. The third-order valence-electron chi connectivity index (χ3n) is 6.05. The van der Waals surface area contributed by atoms with Crippen molar-refractivity contribution in [1.29, 1.82) is 0 Å². The molecule has 0 bridgehead atoms. The van der Waals surface area contributed by atoms with E-state index in [-0.39, 0.29) is 16.7 Å². The molecule has 1 aromatic carbocycles. The molecule has 8 nitrogen and oxygen atoms in total. The van der Waals surface area contributed by atoms with Crippen molar-refractivity contribution in [1.82, 2.24) is 19.3 Å². The van der Waals surface area contributed by atoms with Gasteiger partial charge in [0.05, 0.1) is 15.7 Å². The van der Waals surface area contributed by atoms with E-state index in [2.05, 4.69) is 10.1 Å². The van der Waals surface area contributed by atoms with E-state index in [9.17, 15) is 13.2 Å². The first-order valence-electron chi connectivity index (χ1n) is 10.8. The molecule has 0 unspecified atom stereocenters. The second kappa shape index (κ2) is 8.76. The van der Waals surface area contributed by atoms with Crippen LogP contribution in [0.3, 0.4) is 0 Å². The number of sulfonamides is 1. The lowest BCUT2D eigenvalue weighted by Crippen LogP contribution is -2.38. The molecule has 0 aliphatic carbocycles. The minimum atomic E-state index is -3.45. The molecule has 5 rings (SSSR count). The Morgan fingerprint density at radius 1 is 1.06 bits per heavy atom. The SMILES string of the molecule is O=C(c1cccs1)N1CCC[C@@H](c2nc(-c3ccc(S(=O)(=O)N4CCCC4)cc3)no2)C1. The Bertz CT molecular complexity index is 1180. The number of rotatable bonds is 5. The summed E-state index contributed by atoms with van der Waals surface area (Å²) in [6, 6.07) is 10.3. The van der Waals surface area contributed by atoms with Crippen LogP contribution in [-0.4, -0.2) is 59.8 Å². The minimum Gasteiger partial charge on any atom is -0.339 e. The molecule has 3 aromatic rings. The lowest BCUT2D eigenvalue weighted by Gasteiger charge is -2.30. The molecule has 2 aliphatic rings. The number of amides is 1. The average Bonchev–Trinajstić information content (AvgIpc) is 3.61. The van der Waals surface area contributed by atoms with Crippen molar-refractivity contribution >= 4 is 27.3 Å². The number of carbonyl (C=O) groups excluding carboxylic acids is 1. The number of nitrogens with zero attached hydrogens (tertiary/aromatic N) is 4. The number of aromatic nitrogens is 2. The van der Waals surface area contributed by atoms with Gasteiger partial charge in [0.15, 0.2) is 0 Å². The first kappa shape index (κ1) is 21.3. The molecule has 2 aromatic heterocycles. The summed E-state index contributed by atoms with van der Waals surface area (Å²) in [5.41, 5.74) is 0.697. The van der Waals surface area contributed by atoms with Crippen LogP contribution in [0.4, 0.5) is 0 Å². The number of likely N-dealkylation sites (tertiary alicyclic amines) is 1. The molecule has 10 heteroatoms. The summed E-state index contributed by atoms with van der Waals surface area (Å²) in [5, 5.41) is 6.01. The number of piperidine rings is 1. The summed E-state index contributed by atoms with van der Waals surface area (Å²) in [7, 11) is -3.45. The van der Waals surface area contributed by atoms with Crippen LogP contribution in [0.1, 0.15) is 47.2 Å². The highest BCUT2D eigenvalue weighted by Crippen LogP contribution is 2.29. The number of benzene rings is 1. The Hall–Kier alpha value is -2.56. The Balaban J connectivity index is 1.30. The normalized spacial score (nSPS) is 20.0. The van der Waals surface area contributed by atoms with Crippen LogP contribution in [0.15, 0.2) is 51.2 Å². The molecule has 2 saturated heterocycles. The standard InChI is InChI=1S/C22H24N4O4S2/c27-22(19-6-4-14-31-19)25-11-3-5-17(15-25)21-23-20(24-30-21)16-7-9-18(10-8-16)32(28,29)26-12-1-2-13-26/h4,6-10,14,17H,1-3,5,11-13,15H2/t17-/m1/s1. The lowest BCUT2D eigenvalue weighted by molar-refractivity contribution is 0.0700. The molecular weight excluding hydrogens is 448 g/mol. The summed E-state index contributed by atoms with van der Waals surface area (Å²) in [6.07, 6.45) is 3.56. The van der Waals surface area contributed by atoms with Gasteiger partial charge in [0.1, 0.15) is 0 Å². The van der Waals surface area contributed by atoms with Gasteiger partial charge in [-0.1, -0.05) is 11.2 Å². The number of hydrogen-bond donors (Lipinski definition) is 0. The van der Waals surface area contributed by atoms with Gasteiger partial charge in [0, 0.05) is 31.7 Å². The molecule has 1 amide bonds. The molecular formula is C22H24N4O4S2. The summed E-state index contributed by atoms with van der Waals surface area (Å²) in [6.45, 7) is 2.42. The van der Waals surface area contributed by atoms with Gasteiger partial charge in [0.25, 0.3) is 5.91 Å². The smallest absolute Gasteiger partial charge is 0.263 e. The van der Waals surface area contributed by atoms with Crippen LogP contribution >= 0.6 is 11.3 Å². The monoisotopic (exact) mass is 472 g/mol. The molecule has 2 aliphatic heterocycles. The van der Waals surface area contributed by atoms with Crippen LogP contribution in [0.25, 0.3) is 11.4 Å². The Morgan fingerprint density at radius 3 is 2.56 bits per heavy atom. The molecule has 0 saturated carbocycles. The largest absolute Gasteiger partial charge is 0.339 e. The first-order valence-corrected chi connectivity index (χ1v) is 13.1. The number of hydrogen-bond acceptors (Lipinski definition) is 7. The van der Waals surface area contributed by atoms with Crippen LogP contribution in [-0.2, 0) is 10.0 Å². The third-order valence-corrected chi connectivity index (χ3v) is 8.82. The van der Waals surface area contributed by atoms with Gasteiger partial charge < -0.3 is 9.42 Å². The van der Waals surface area contributed by atoms with Gasteiger partial charge in [-0.2, -0.15) is 9.29 Å². The van der Waals surface area contributed by atoms with Crippen LogP contribution in [0.2, 0.25) is 0 Å². The van der Waals surface area contributed by atoms with Gasteiger partial charge in [0.2, 0.25) is 21.7 Å². The summed E-state index contributed by atoms with van der Waals surface area (Å²) < 4.78 is 32.5. The molecule has 0 radical (unpaired) electrons. The molecule has 168 valence electrons. The second-order valence-electron chi connectivity index (χ2n) is 8.16. The second-order valence-corrected chi connectivity index (χ2v) is 11.0. The van der Waals surface area contributed by atoms with Crippen molar-refractivity contribution in [3.63, 3.8) is 0 Å². The van der Waals surface area contributed by atoms with E-state index in [4.69, 9.17) is 4.52 Å². The Morgan fingerprint density at radius 2 is 1.84 bits per heavy atom. The zero-order valence-corrected chi connectivity index (χ0v) is 19.1. The van der Waals surface area contributed by atoms with Crippen molar-refractivity contribution in [2.75, 3.05) is 26.2 Å². The summed E-state index contributed by atoms with van der Waals surface area (Å²) in [4.78, 5) is 20.1. The minimum absolute atomic E-state index is 0.0104. The summed E-state index contributed by atoms with van der Waals surface area (Å²) in [5.74, 6) is 0.965. The fourth-order valence-electron chi connectivity index (χ4n) is 4.29. The van der Waals surface area contributed by atoms with E-state index < -0.39 is 10.0 Å². The zero-order chi connectivity index (χ0) is 22.1. The van der Waals surface area contributed by atoms with E-state index in [1.54, 1.807) is 24.3 Å². The highest BCUT2D eigenvalue weighted by atomic mass is 32.2. The molecule has 2 fully saturated rings. The maximum atomic E-state index is 12.7. The van der Waals surface area contributed by atoms with Crippen LogP contribution < -0.4 is 0 Å². The molecule has 0 spiro atoms. The summed E-state index contributed by atoms with van der Waals surface area (Å²) >= 11 is 1.45. The Kier molecular flexibility index (Phi) is 5.83. The highest BCUT2D eigenvalue weighted by Gasteiger charge is 2.30. The van der Waals surface area contributed by atoms with E-state index >= 15 is 0 Å². The first-order chi connectivity index (χ1) is 15.5. The van der Waals surface area contributed by atoms with Gasteiger partial charge in [-0.3, -0.25) is 4.79 Å². The van der Waals surface area contributed by atoms with Gasteiger partial charge >= 0.3 is 0 Å².